The van der Waals surface area contributed by atoms with Crippen molar-refractivity contribution in [3.8, 4) is 0 Å². The summed E-state index contributed by atoms with van der Waals surface area (Å²) in [5.74, 6) is -0.181. The van der Waals surface area contributed by atoms with Crippen molar-refractivity contribution in [3.63, 3.8) is 0 Å². The van der Waals surface area contributed by atoms with Crippen LogP contribution < -0.4 is 0 Å². The third kappa shape index (κ3) is 2.48. The van der Waals surface area contributed by atoms with Crippen molar-refractivity contribution in [2.24, 2.45) is 0 Å². The van der Waals surface area contributed by atoms with Gasteiger partial charge in [0.15, 0.2) is 0 Å². The number of rotatable bonds is 4. The summed E-state index contributed by atoms with van der Waals surface area (Å²) in [4.78, 5) is 12.0. The van der Waals surface area contributed by atoms with E-state index in [2.05, 4.69) is 33.1 Å². The third-order valence-electron chi connectivity index (χ3n) is 4.76. The molecule has 124 valence electrons. The van der Waals surface area contributed by atoms with Crippen LogP contribution in [0.3, 0.4) is 0 Å². The number of fused-ring (bicyclic) bond motifs is 3. The van der Waals surface area contributed by atoms with Crippen LogP contribution in [-0.2, 0) is 28.9 Å². The van der Waals surface area contributed by atoms with Gasteiger partial charge in [0.1, 0.15) is 6.54 Å². The van der Waals surface area contributed by atoms with Gasteiger partial charge in [0.05, 0.1) is 18.8 Å². The molecule has 0 aliphatic heterocycles. The van der Waals surface area contributed by atoms with Gasteiger partial charge in [-0.05, 0) is 37.8 Å². The predicted molar refractivity (Wildman–Crippen MR) is 89.7 cm³/mol. The first-order valence-corrected chi connectivity index (χ1v) is 8.38. The van der Waals surface area contributed by atoms with E-state index in [1.807, 2.05) is 23.9 Å². The lowest BCUT2D eigenvalue weighted by molar-refractivity contribution is -0.143. The molecular formula is C18H20N4O2. The molecule has 0 amide bonds. The van der Waals surface area contributed by atoms with Crippen LogP contribution in [0.2, 0.25) is 0 Å². The summed E-state index contributed by atoms with van der Waals surface area (Å²) in [5, 5.41) is 9.31. The van der Waals surface area contributed by atoms with Gasteiger partial charge in [0.2, 0.25) is 0 Å². The topological polar surface area (TPSA) is 61.9 Å². The van der Waals surface area contributed by atoms with E-state index in [0.717, 1.165) is 24.8 Å². The Labute approximate surface area is 140 Å². The number of ether oxygens (including phenoxy) is 1. The molecule has 0 bridgehead atoms. The molecule has 1 aliphatic carbocycles. The lowest BCUT2D eigenvalue weighted by Gasteiger charge is -2.23. The van der Waals surface area contributed by atoms with Gasteiger partial charge in [-0.3, -0.25) is 4.79 Å². The summed E-state index contributed by atoms with van der Waals surface area (Å²) in [6.07, 6.45) is 6.48. The lowest BCUT2D eigenvalue weighted by Crippen LogP contribution is -2.22. The fraction of sp³-hybridized carbons (Fsp3) is 0.389. The SMILES string of the molecule is CCOC(=O)Cn1c2c(c3ccccc31)CC(n1ccnn1)CC2. The van der Waals surface area contributed by atoms with Crippen molar-refractivity contribution in [3.05, 3.63) is 47.9 Å². The number of aromatic nitrogens is 4. The average molecular weight is 324 g/mol. The minimum absolute atomic E-state index is 0.181. The zero-order chi connectivity index (χ0) is 16.5. The number of esters is 1. The number of hydrogen-bond acceptors (Lipinski definition) is 4. The maximum atomic E-state index is 12.0. The molecule has 1 aromatic carbocycles. The maximum Gasteiger partial charge on any atom is 0.325 e. The van der Waals surface area contributed by atoms with Crippen molar-refractivity contribution in [2.75, 3.05) is 6.61 Å². The summed E-state index contributed by atoms with van der Waals surface area (Å²) >= 11 is 0. The van der Waals surface area contributed by atoms with Crippen molar-refractivity contribution >= 4 is 16.9 Å². The quantitative estimate of drug-likeness (QED) is 0.692. The third-order valence-corrected chi connectivity index (χ3v) is 4.76. The second kappa shape index (κ2) is 6.11. The molecule has 1 unspecified atom stereocenters. The van der Waals surface area contributed by atoms with E-state index < -0.39 is 0 Å². The molecule has 24 heavy (non-hydrogen) atoms. The smallest absolute Gasteiger partial charge is 0.325 e. The van der Waals surface area contributed by atoms with Crippen LogP contribution in [0.5, 0.6) is 0 Å². The first-order chi connectivity index (χ1) is 11.8. The first kappa shape index (κ1) is 14.9. The summed E-state index contributed by atoms with van der Waals surface area (Å²) < 4.78 is 9.22. The molecule has 0 N–H and O–H groups in total. The largest absolute Gasteiger partial charge is 0.465 e. The second-order valence-corrected chi connectivity index (χ2v) is 6.11. The van der Waals surface area contributed by atoms with Gasteiger partial charge in [0.25, 0.3) is 0 Å². The van der Waals surface area contributed by atoms with Crippen molar-refractivity contribution in [2.45, 2.75) is 38.8 Å². The Morgan fingerprint density at radius 2 is 2.25 bits per heavy atom. The number of carbonyl (C=O) groups is 1. The van der Waals surface area contributed by atoms with E-state index in [9.17, 15) is 4.79 Å². The average Bonchev–Trinajstić information content (AvgIpc) is 3.23. The number of nitrogens with zero attached hydrogens (tertiary/aromatic N) is 4. The zero-order valence-electron chi connectivity index (χ0n) is 13.7. The van der Waals surface area contributed by atoms with Crippen LogP contribution in [0.25, 0.3) is 10.9 Å². The monoisotopic (exact) mass is 324 g/mol. The normalized spacial score (nSPS) is 17.0. The number of para-hydroxylation sites is 1. The van der Waals surface area contributed by atoms with E-state index in [1.54, 1.807) is 6.20 Å². The molecule has 6 heteroatoms. The van der Waals surface area contributed by atoms with Gasteiger partial charge in [-0.25, -0.2) is 4.68 Å². The number of carbonyl (C=O) groups excluding carboxylic acids is 1. The summed E-state index contributed by atoms with van der Waals surface area (Å²) in [5.41, 5.74) is 3.68. The highest BCUT2D eigenvalue weighted by Crippen LogP contribution is 2.35. The molecule has 6 nitrogen and oxygen atoms in total. The fourth-order valence-electron chi connectivity index (χ4n) is 3.74. The summed E-state index contributed by atoms with van der Waals surface area (Å²) in [7, 11) is 0. The van der Waals surface area contributed by atoms with Crippen LogP contribution in [0.4, 0.5) is 0 Å². The minimum atomic E-state index is -0.181. The van der Waals surface area contributed by atoms with Gasteiger partial charge in [-0.15, -0.1) is 5.10 Å². The minimum Gasteiger partial charge on any atom is -0.465 e. The molecule has 0 spiro atoms. The molecule has 1 aliphatic rings. The maximum absolute atomic E-state index is 12.0. The van der Waals surface area contributed by atoms with Crippen LogP contribution in [0.15, 0.2) is 36.7 Å². The molecular weight excluding hydrogens is 304 g/mol. The lowest BCUT2D eigenvalue weighted by atomic mass is 9.91. The number of hydrogen-bond donors (Lipinski definition) is 0. The Balaban J connectivity index is 1.75. The van der Waals surface area contributed by atoms with Crippen molar-refractivity contribution in [1.82, 2.24) is 19.6 Å². The fourth-order valence-corrected chi connectivity index (χ4v) is 3.74. The van der Waals surface area contributed by atoms with Gasteiger partial charge >= 0.3 is 5.97 Å². The Kier molecular flexibility index (Phi) is 3.80. The van der Waals surface area contributed by atoms with E-state index in [-0.39, 0.29) is 12.5 Å². The summed E-state index contributed by atoms with van der Waals surface area (Å²) in [6, 6.07) is 8.61. The zero-order valence-corrected chi connectivity index (χ0v) is 13.7. The molecule has 0 saturated carbocycles. The standard InChI is InChI=1S/C18H20N4O2/c1-2-24-18(23)12-21-16-6-4-3-5-14(16)15-11-13(7-8-17(15)21)22-10-9-19-20-22/h3-6,9-10,13H,2,7-8,11-12H2,1H3. The van der Waals surface area contributed by atoms with Gasteiger partial charge in [-0.2, -0.15) is 0 Å². The molecule has 0 saturated heterocycles. The number of benzene rings is 1. The highest BCUT2D eigenvalue weighted by Gasteiger charge is 2.27. The van der Waals surface area contributed by atoms with Crippen LogP contribution >= 0.6 is 0 Å². The Hall–Kier alpha value is -2.63. The molecule has 0 fully saturated rings. The van der Waals surface area contributed by atoms with Gasteiger partial charge < -0.3 is 9.30 Å². The summed E-state index contributed by atoms with van der Waals surface area (Å²) in [6.45, 7) is 2.52. The van der Waals surface area contributed by atoms with Gasteiger partial charge in [-0.1, -0.05) is 23.4 Å². The molecule has 2 heterocycles. The van der Waals surface area contributed by atoms with E-state index in [0.29, 0.717) is 12.6 Å². The molecule has 3 aromatic rings. The Bertz CT molecular complexity index is 867. The van der Waals surface area contributed by atoms with Gasteiger partial charge in [0, 0.05) is 22.8 Å². The molecule has 2 aromatic heterocycles. The highest BCUT2D eigenvalue weighted by molar-refractivity contribution is 5.87. The molecule has 1 atom stereocenters. The van der Waals surface area contributed by atoms with E-state index >= 15 is 0 Å². The predicted octanol–water partition coefficient (Wildman–Crippen LogP) is 2.53. The Morgan fingerprint density at radius 3 is 3.04 bits per heavy atom. The van der Waals surface area contributed by atoms with Crippen molar-refractivity contribution < 1.29 is 9.53 Å². The van der Waals surface area contributed by atoms with Crippen LogP contribution in [-0.4, -0.2) is 32.1 Å². The highest BCUT2D eigenvalue weighted by atomic mass is 16.5. The van der Waals surface area contributed by atoms with E-state index in [1.165, 1.54) is 16.6 Å². The molecule has 0 radical (unpaired) electrons. The van der Waals surface area contributed by atoms with E-state index in [4.69, 9.17) is 4.74 Å². The van der Waals surface area contributed by atoms with Crippen LogP contribution in [0.1, 0.15) is 30.6 Å². The first-order valence-electron chi connectivity index (χ1n) is 8.38. The van der Waals surface area contributed by atoms with Crippen molar-refractivity contribution in [1.29, 1.82) is 0 Å². The molecule has 4 rings (SSSR count). The van der Waals surface area contributed by atoms with Crippen LogP contribution in [0, 0.1) is 0 Å². The second-order valence-electron chi connectivity index (χ2n) is 6.11. The Morgan fingerprint density at radius 1 is 1.38 bits per heavy atom.